The summed E-state index contributed by atoms with van der Waals surface area (Å²) in [5.41, 5.74) is 0.787. The third kappa shape index (κ3) is 3.18. The van der Waals surface area contributed by atoms with Crippen LogP contribution in [0.1, 0.15) is 0 Å². The number of anilines is 1. The summed E-state index contributed by atoms with van der Waals surface area (Å²) >= 11 is 7.46. The number of benzene rings is 1. The van der Waals surface area contributed by atoms with E-state index in [1.165, 1.54) is 0 Å². The zero-order valence-corrected chi connectivity index (χ0v) is 12.2. The first-order valence-electron chi connectivity index (χ1n) is 5.63. The highest BCUT2D eigenvalue weighted by molar-refractivity contribution is 9.10. The fourth-order valence-corrected chi connectivity index (χ4v) is 2.22. The molecule has 0 bridgehead atoms. The normalized spacial score (nSPS) is 14.3. The van der Waals surface area contributed by atoms with Crippen LogP contribution in [0.15, 0.2) is 22.7 Å². The Morgan fingerprint density at radius 2 is 2.28 bits per heavy atom. The van der Waals surface area contributed by atoms with Crippen LogP contribution in [0.25, 0.3) is 0 Å². The second-order valence-electron chi connectivity index (χ2n) is 3.78. The average molecular weight is 332 g/mol. The predicted molar refractivity (Wildman–Crippen MR) is 76.7 cm³/mol. The molecule has 0 saturated heterocycles. The topological polar surface area (TPSA) is 38.8 Å². The summed E-state index contributed by atoms with van der Waals surface area (Å²) in [5.74, 6) is 1.36. The number of fused-ring (bicyclic) bond motifs is 1. The van der Waals surface area contributed by atoms with Gasteiger partial charge in [0.1, 0.15) is 5.75 Å². The first-order chi connectivity index (χ1) is 8.72. The van der Waals surface area contributed by atoms with Gasteiger partial charge in [0.15, 0.2) is 6.61 Å². The summed E-state index contributed by atoms with van der Waals surface area (Å²) in [6, 6.07) is 5.63. The zero-order valence-electron chi connectivity index (χ0n) is 9.76. The van der Waals surface area contributed by atoms with E-state index in [1.54, 1.807) is 4.90 Å². The minimum Gasteiger partial charge on any atom is -0.482 e. The molecule has 0 atom stereocenters. The standard InChI is InChI=1S/C12H14BrNO3S/c13-9-1-2-11-10(7-9)14(12(15)8-17-11)3-4-16-5-6-18/h1-2,7,18H,3-6,8H2. The van der Waals surface area contributed by atoms with Gasteiger partial charge in [0.25, 0.3) is 5.91 Å². The Kier molecular flexibility index (Phi) is 4.91. The van der Waals surface area contributed by atoms with Crippen molar-refractivity contribution in [3.8, 4) is 5.75 Å². The highest BCUT2D eigenvalue weighted by Crippen LogP contribution is 2.34. The van der Waals surface area contributed by atoms with Gasteiger partial charge in [0.2, 0.25) is 0 Å². The van der Waals surface area contributed by atoms with Gasteiger partial charge in [-0.25, -0.2) is 0 Å². The van der Waals surface area contributed by atoms with E-state index in [1.807, 2.05) is 18.2 Å². The van der Waals surface area contributed by atoms with Crippen LogP contribution in [-0.4, -0.2) is 38.0 Å². The molecular weight excluding hydrogens is 318 g/mol. The van der Waals surface area contributed by atoms with Crippen molar-refractivity contribution in [1.82, 2.24) is 0 Å². The van der Waals surface area contributed by atoms with E-state index in [-0.39, 0.29) is 12.5 Å². The van der Waals surface area contributed by atoms with Crippen LogP contribution in [-0.2, 0) is 9.53 Å². The third-order valence-corrected chi connectivity index (χ3v) is 3.23. The molecule has 1 amide bonds. The zero-order chi connectivity index (χ0) is 13.0. The third-order valence-electron chi connectivity index (χ3n) is 2.56. The summed E-state index contributed by atoms with van der Waals surface area (Å²) in [4.78, 5) is 13.5. The maximum Gasteiger partial charge on any atom is 0.265 e. The van der Waals surface area contributed by atoms with Crippen LogP contribution < -0.4 is 9.64 Å². The quantitative estimate of drug-likeness (QED) is 0.663. The number of carbonyl (C=O) groups excluding carboxylic acids is 1. The Morgan fingerprint density at radius 1 is 1.44 bits per heavy atom. The van der Waals surface area contributed by atoms with Gasteiger partial charge in [0, 0.05) is 16.8 Å². The van der Waals surface area contributed by atoms with Crippen molar-refractivity contribution in [1.29, 1.82) is 0 Å². The van der Waals surface area contributed by atoms with Crippen LogP contribution in [0.2, 0.25) is 0 Å². The Balaban J connectivity index is 2.09. The number of hydrogen-bond donors (Lipinski definition) is 1. The molecule has 4 nitrogen and oxygen atoms in total. The van der Waals surface area contributed by atoms with E-state index in [4.69, 9.17) is 9.47 Å². The molecule has 1 aromatic rings. The van der Waals surface area contributed by atoms with Crippen molar-refractivity contribution < 1.29 is 14.3 Å². The monoisotopic (exact) mass is 331 g/mol. The van der Waals surface area contributed by atoms with Crippen molar-refractivity contribution in [2.75, 3.05) is 37.0 Å². The van der Waals surface area contributed by atoms with Gasteiger partial charge in [0.05, 0.1) is 18.9 Å². The minimum absolute atomic E-state index is 0.0462. The first-order valence-corrected chi connectivity index (χ1v) is 7.06. The number of amides is 1. The van der Waals surface area contributed by atoms with Gasteiger partial charge in [-0.15, -0.1) is 0 Å². The van der Waals surface area contributed by atoms with E-state index in [0.717, 1.165) is 15.9 Å². The average Bonchev–Trinajstić information content (AvgIpc) is 2.36. The fourth-order valence-electron chi connectivity index (χ4n) is 1.74. The van der Waals surface area contributed by atoms with Gasteiger partial charge in [-0.2, -0.15) is 12.6 Å². The van der Waals surface area contributed by atoms with Gasteiger partial charge >= 0.3 is 0 Å². The summed E-state index contributed by atoms with van der Waals surface area (Å²) in [7, 11) is 0. The lowest BCUT2D eigenvalue weighted by Crippen LogP contribution is -2.40. The largest absolute Gasteiger partial charge is 0.482 e. The molecule has 1 heterocycles. The first kappa shape index (κ1) is 13.7. The Bertz CT molecular complexity index is 441. The van der Waals surface area contributed by atoms with Crippen LogP contribution in [0.3, 0.4) is 0 Å². The van der Waals surface area contributed by atoms with E-state index >= 15 is 0 Å². The number of carbonyl (C=O) groups is 1. The van der Waals surface area contributed by atoms with Crippen molar-refractivity contribution in [3.63, 3.8) is 0 Å². The van der Waals surface area contributed by atoms with Crippen molar-refractivity contribution in [2.24, 2.45) is 0 Å². The molecule has 6 heteroatoms. The molecule has 98 valence electrons. The summed E-state index contributed by atoms with van der Waals surface area (Å²) in [5, 5.41) is 0. The number of halogens is 1. The molecule has 18 heavy (non-hydrogen) atoms. The molecule has 0 aromatic heterocycles. The molecule has 1 aliphatic rings. The van der Waals surface area contributed by atoms with Gasteiger partial charge in [-0.05, 0) is 18.2 Å². The maximum absolute atomic E-state index is 11.8. The number of hydrogen-bond acceptors (Lipinski definition) is 4. The Morgan fingerprint density at radius 3 is 3.06 bits per heavy atom. The predicted octanol–water partition coefficient (Wildman–Crippen LogP) is 2.12. The molecule has 0 N–H and O–H groups in total. The van der Waals surface area contributed by atoms with Crippen LogP contribution in [0.4, 0.5) is 5.69 Å². The van der Waals surface area contributed by atoms with E-state index in [2.05, 4.69) is 28.6 Å². The van der Waals surface area contributed by atoms with Crippen molar-refractivity contribution >= 4 is 40.2 Å². The maximum atomic E-state index is 11.8. The molecule has 0 spiro atoms. The van der Waals surface area contributed by atoms with Gasteiger partial charge in [-0.3, -0.25) is 4.79 Å². The van der Waals surface area contributed by atoms with Crippen LogP contribution in [0.5, 0.6) is 5.75 Å². The van der Waals surface area contributed by atoms with Crippen molar-refractivity contribution in [2.45, 2.75) is 0 Å². The molecule has 0 aliphatic carbocycles. The summed E-state index contributed by atoms with van der Waals surface area (Å²) in [6.07, 6.45) is 0. The second kappa shape index (κ2) is 6.45. The lowest BCUT2D eigenvalue weighted by atomic mass is 10.2. The second-order valence-corrected chi connectivity index (χ2v) is 5.14. The molecular formula is C12H14BrNO3S. The van der Waals surface area contributed by atoms with E-state index < -0.39 is 0 Å². The molecule has 1 aromatic carbocycles. The minimum atomic E-state index is -0.0462. The molecule has 1 aliphatic heterocycles. The Labute approximate surface area is 120 Å². The number of ether oxygens (including phenoxy) is 2. The van der Waals surface area contributed by atoms with E-state index in [0.29, 0.717) is 25.5 Å². The molecule has 0 radical (unpaired) electrons. The SMILES string of the molecule is O=C1COc2ccc(Br)cc2N1CCOCCS. The number of rotatable bonds is 5. The molecule has 0 saturated carbocycles. The van der Waals surface area contributed by atoms with E-state index in [9.17, 15) is 4.79 Å². The van der Waals surface area contributed by atoms with Gasteiger partial charge < -0.3 is 14.4 Å². The van der Waals surface area contributed by atoms with Crippen LogP contribution >= 0.6 is 28.6 Å². The lowest BCUT2D eigenvalue weighted by molar-refractivity contribution is -0.121. The number of nitrogens with zero attached hydrogens (tertiary/aromatic N) is 1. The summed E-state index contributed by atoms with van der Waals surface area (Å²) < 4.78 is 11.7. The molecule has 0 fully saturated rings. The number of thiol groups is 1. The van der Waals surface area contributed by atoms with Gasteiger partial charge in [-0.1, -0.05) is 15.9 Å². The smallest absolute Gasteiger partial charge is 0.265 e. The van der Waals surface area contributed by atoms with Crippen molar-refractivity contribution in [3.05, 3.63) is 22.7 Å². The highest BCUT2D eigenvalue weighted by Gasteiger charge is 2.25. The molecule has 2 rings (SSSR count). The lowest BCUT2D eigenvalue weighted by Gasteiger charge is -2.29. The molecule has 0 unspecified atom stereocenters. The highest BCUT2D eigenvalue weighted by atomic mass is 79.9. The summed E-state index contributed by atoms with van der Waals surface area (Å²) in [6.45, 7) is 1.70. The fraction of sp³-hybridized carbons (Fsp3) is 0.417. The van der Waals surface area contributed by atoms with Crippen LogP contribution in [0, 0.1) is 0 Å². The Hall–Kier alpha value is -0.720.